The molecule has 1 aromatic heterocycles. The standard InChI is InChI=1S/C32H41N9O2/c1-20-16-28(18-33)41(23(20)4)22(3)19-35-21(2)17-32(31-36-38-39-37-31,26-12-8-24(9-13-26)29(42)34-5)27-14-10-25(11-15-27)30(43)40(6)7/h8-15,20-21,23,28,35H,3,16-17,19H2,1-2,4-7H3,(H,34,42)(H,36,37,38,39)/t20-,21-,23?,28?,32?/m0/s1. The Kier molecular flexibility index (Phi) is 9.61. The average Bonchev–Trinajstić information content (AvgIpc) is 3.66. The maximum absolute atomic E-state index is 12.7. The van der Waals surface area contributed by atoms with E-state index in [0.29, 0.717) is 35.8 Å². The number of nitrogens with one attached hydrogen (secondary N) is 3. The highest BCUT2D eigenvalue weighted by Gasteiger charge is 2.42. The van der Waals surface area contributed by atoms with Gasteiger partial charge in [-0.2, -0.15) is 10.5 Å². The first-order chi connectivity index (χ1) is 20.5. The second-order valence-corrected chi connectivity index (χ2v) is 11.6. The summed E-state index contributed by atoms with van der Waals surface area (Å²) in [5, 5.41) is 31.5. The van der Waals surface area contributed by atoms with Gasteiger partial charge in [0.15, 0.2) is 5.82 Å². The lowest BCUT2D eigenvalue weighted by molar-refractivity contribution is 0.0827. The van der Waals surface area contributed by atoms with Crippen LogP contribution in [-0.4, -0.2) is 88.1 Å². The van der Waals surface area contributed by atoms with Crippen molar-refractivity contribution in [2.75, 3.05) is 27.7 Å². The molecule has 43 heavy (non-hydrogen) atoms. The Bertz CT molecular complexity index is 1460. The van der Waals surface area contributed by atoms with Gasteiger partial charge in [0.25, 0.3) is 11.8 Å². The van der Waals surface area contributed by atoms with Crippen molar-refractivity contribution in [1.29, 1.82) is 5.26 Å². The van der Waals surface area contributed by atoms with E-state index in [9.17, 15) is 14.9 Å². The molecule has 0 spiro atoms. The Morgan fingerprint density at radius 1 is 1.14 bits per heavy atom. The van der Waals surface area contributed by atoms with Crippen molar-refractivity contribution in [1.82, 2.24) is 41.1 Å². The summed E-state index contributed by atoms with van der Waals surface area (Å²) >= 11 is 0. The van der Waals surface area contributed by atoms with Gasteiger partial charge in [0.1, 0.15) is 6.04 Å². The third kappa shape index (κ3) is 6.29. The van der Waals surface area contributed by atoms with Crippen LogP contribution in [0.5, 0.6) is 0 Å². The summed E-state index contributed by atoms with van der Waals surface area (Å²) in [6.07, 6.45) is 1.35. The molecule has 2 aromatic carbocycles. The fourth-order valence-corrected chi connectivity index (χ4v) is 6.06. The fraction of sp³-hybridized carbons (Fsp3) is 0.438. The van der Waals surface area contributed by atoms with Crippen molar-refractivity contribution in [3.8, 4) is 6.07 Å². The summed E-state index contributed by atoms with van der Waals surface area (Å²) in [6, 6.07) is 17.3. The Morgan fingerprint density at radius 3 is 2.26 bits per heavy atom. The largest absolute Gasteiger partial charge is 0.355 e. The van der Waals surface area contributed by atoms with Crippen molar-refractivity contribution in [2.24, 2.45) is 5.92 Å². The highest BCUT2D eigenvalue weighted by atomic mass is 16.2. The number of tetrazole rings is 1. The highest BCUT2D eigenvalue weighted by molar-refractivity contribution is 5.94. The number of nitrogens with zero attached hydrogens (tertiary/aromatic N) is 6. The van der Waals surface area contributed by atoms with Gasteiger partial charge in [0, 0.05) is 56.6 Å². The first-order valence-electron chi connectivity index (χ1n) is 14.5. The molecule has 3 aromatic rings. The fourth-order valence-electron chi connectivity index (χ4n) is 6.06. The third-order valence-electron chi connectivity index (χ3n) is 8.60. The molecule has 1 saturated heterocycles. The molecule has 0 aliphatic carbocycles. The number of rotatable bonds is 11. The van der Waals surface area contributed by atoms with E-state index >= 15 is 0 Å². The molecular formula is C32H41N9O2. The maximum Gasteiger partial charge on any atom is 0.253 e. The number of hydrogen-bond acceptors (Lipinski definition) is 8. The molecule has 11 heteroatoms. The first-order valence-corrected chi connectivity index (χ1v) is 14.5. The van der Waals surface area contributed by atoms with Crippen LogP contribution in [0.15, 0.2) is 60.8 Å². The summed E-state index contributed by atoms with van der Waals surface area (Å²) in [4.78, 5) is 28.7. The van der Waals surface area contributed by atoms with Crippen LogP contribution in [0.25, 0.3) is 0 Å². The van der Waals surface area contributed by atoms with E-state index in [-0.39, 0.29) is 29.9 Å². The van der Waals surface area contributed by atoms with Gasteiger partial charge in [-0.1, -0.05) is 43.0 Å². The summed E-state index contributed by atoms with van der Waals surface area (Å²) in [5.74, 6) is 0.593. The monoisotopic (exact) mass is 583 g/mol. The van der Waals surface area contributed by atoms with Gasteiger partial charge in [-0.15, -0.1) is 10.2 Å². The molecule has 0 saturated carbocycles. The summed E-state index contributed by atoms with van der Waals surface area (Å²) in [6.45, 7) is 11.2. The number of nitriles is 1. The predicted octanol–water partition coefficient (Wildman–Crippen LogP) is 3.10. The zero-order valence-corrected chi connectivity index (χ0v) is 25.8. The van der Waals surface area contributed by atoms with E-state index in [1.165, 1.54) is 4.90 Å². The van der Waals surface area contributed by atoms with Gasteiger partial charge < -0.3 is 20.4 Å². The number of H-pyrrole nitrogens is 1. The molecule has 0 bridgehead atoms. The molecule has 2 heterocycles. The molecule has 226 valence electrons. The molecule has 1 fully saturated rings. The van der Waals surface area contributed by atoms with Crippen molar-refractivity contribution >= 4 is 11.8 Å². The molecule has 4 rings (SSSR count). The molecule has 1 aliphatic heterocycles. The topological polar surface area (TPSA) is 143 Å². The minimum atomic E-state index is -0.883. The zero-order valence-electron chi connectivity index (χ0n) is 25.8. The number of benzene rings is 2. The number of carbonyl (C=O) groups is 2. The van der Waals surface area contributed by atoms with Gasteiger partial charge in [-0.25, -0.2) is 0 Å². The Balaban J connectivity index is 1.72. The minimum Gasteiger partial charge on any atom is -0.355 e. The molecule has 0 radical (unpaired) electrons. The minimum absolute atomic E-state index is 0.0761. The van der Waals surface area contributed by atoms with E-state index in [4.69, 9.17) is 0 Å². The number of amides is 2. The number of aromatic nitrogens is 4. The first kappa shape index (κ1) is 31.4. The van der Waals surface area contributed by atoms with Crippen LogP contribution in [0, 0.1) is 17.2 Å². The van der Waals surface area contributed by atoms with E-state index < -0.39 is 5.41 Å². The number of likely N-dealkylation sites (tertiary alicyclic amines) is 1. The van der Waals surface area contributed by atoms with E-state index in [0.717, 1.165) is 23.2 Å². The molecule has 2 amide bonds. The highest BCUT2D eigenvalue weighted by Crippen LogP contribution is 2.41. The van der Waals surface area contributed by atoms with Crippen LogP contribution in [0.1, 0.15) is 71.3 Å². The zero-order chi connectivity index (χ0) is 31.3. The molecule has 3 unspecified atom stereocenters. The van der Waals surface area contributed by atoms with E-state index in [2.05, 4.69) is 69.6 Å². The normalized spacial score (nSPS) is 20.1. The molecular weight excluding hydrogens is 542 g/mol. The Labute approximate surface area is 253 Å². The van der Waals surface area contributed by atoms with Crippen molar-refractivity contribution in [2.45, 2.75) is 57.2 Å². The van der Waals surface area contributed by atoms with Crippen molar-refractivity contribution < 1.29 is 9.59 Å². The summed E-state index contributed by atoms with van der Waals surface area (Å²) in [7, 11) is 5.04. The van der Waals surface area contributed by atoms with Crippen molar-refractivity contribution in [3.05, 3.63) is 88.9 Å². The lowest BCUT2D eigenvalue weighted by Crippen LogP contribution is -2.43. The van der Waals surface area contributed by atoms with Crippen LogP contribution in [0.3, 0.4) is 0 Å². The van der Waals surface area contributed by atoms with Gasteiger partial charge in [-0.05, 0) is 68.0 Å². The number of hydrogen-bond donors (Lipinski definition) is 3. The van der Waals surface area contributed by atoms with E-state index in [1.807, 2.05) is 36.4 Å². The van der Waals surface area contributed by atoms with Gasteiger partial charge >= 0.3 is 0 Å². The van der Waals surface area contributed by atoms with Gasteiger partial charge in [0.05, 0.1) is 11.5 Å². The number of carbonyl (C=O) groups excluding carboxylic acids is 2. The maximum atomic E-state index is 12.7. The van der Waals surface area contributed by atoms with Crippen LogP contribution in [0.4, 0.5) is 0 Å². The SMILES string of the molecule is C=C(CN[C@@H](C)CC(c1ccc(C(=O)NC)cc1)(c1ccc(C(=O)N(C)C)cc1)c1nn[nH]n1)N1C(C#N)C[C@H](C)C1C. The average molecular weight is 584 g/mol. The number of aromatic amines is 1. The smallest absolute Gasteiger partial charge is 0.253 e. The third-order valence-corrected chi connectivity index (χ3v) is 8.60. The second-order valence-electron chi connectivity index (χ2n) is 11.6. The lowest BCUT2D eigenvalue weighted by atomic mass is 9.69. The van der Waals surface area contributed by atoms with Crippen LogP contribution < -0.4 is 10.6 Å². The lowest BCUT2D eigenvalue weighted by Gasteiger charge is -2.36. The Morgan fingerprint density at radius 2 is 1.74 bits per heavy atom. The summed E-state index contributed by atoms with van der Waals surface area (Å²) in [5.41, 5.74) is 2.83. The summed E-state index contributed by atoms with van der Waals surface area (Å²) < 4.78 is 0. The second kappa shape index (κ2) is 13.2. The van der Waals surface area contributed by atoms with Crippen LogP contribution >= 0.6 is 0 Å². The van der Waals surface area contributed by atoms with Gasteiger partial charge in [0.2, 0.25) is 0 Å². The predicted molar refractivity (Wildman–Crippen MR) is 164 cm³/mol. The molecule has 3 N–H and O–H groups in total. The van der Waals surface area contributed by atoms with Crippen LogP contribution in [-0.2, 0) is 5.41 Å². The molecule has 1 aliphatic rings. The Hall–Kier alpha value is -4.56. The van der Waals surface area contributed by atoms with E-state index in [1.54, 1.807) is 33.3 Å². The van der Waals surface area contributed by atoms with Crippen LogP contribution in [0.2, 0.25) is 0 Å². The quantitative estimate of drug-likeness (QED) is 0.313. The van der Waals surface area contributed by atoms with Crippen molar-refractivity contribution in [3.63, 3.8) is 0 Å². The van der Waals surface area contributed by atoms with Gasteiger partial charge in [-0.3, -0.25) is 9.59 Å². The molecule has 11 nitrogen and oxygen atoms in total. The molecule has 5 atom stereocenters.